The number of thiocarbonyl (C=S) groups is 1. The number of nitrogens with zero attached hydrogens (tertiary/aromatic N) is 2. The summed E-state index contributed by atoms with van der Waals surface area (Å²) in [6.45, 7) is 0. The maximum absolute atomic E-state index is 5.31. The van der Waals surface area contributed by atoms with E-state index in [0.717, 1.165) is 0 Å². The molecule has 0 saturated heterocycles. The fourth-order valence-electron chi connectivity index (χ4n) is 0.565. The van der Waals surface area contributed by atoms with Gasteiger partial charge >= 0.3 is 0 Å². The second-order valence-corrected chi connectivity index (χ2v) is 2.25. The van der Waals surface area contributed by atoms with Crippen LogP contribution in [-0.4, -0.2) is 22.1 Å². The van der Waals surface area contributed by atoms with Gasteiger partial charge in [-0.25, -0.2) is 4.98 Å². The molecule has 4 nitrogen and oxygen atoms in total. The molecular weight excluding hydrogens is 162 g/mol. The minimum Gasteiger partial charge on any atom is -0.480 e. The van der Waals surface area contributed by atoms with Crippen molar-refractivity contribution in [3.63, 3.8) is 0 Å². The quantitative estimate of drug-likeness (QED) is 0.637. The summed E-state index contributed by atoms with van der Waals surface area (Å²) in [7, 11) is 1.51. The van der Waals surface area contributed by atoms with E-state index in [-0.39, 0.29) is 4.99 Å². The van der Waals surface area contributed by atoms with Gasteiger partial charge in [-0.15, -0.1) is 0 Å². The highest BCUT2D eigenvalue weighted by Crippen LogP contribution is 2.02. The number of nitrogens with two attached hydrogens (primary N) is 1. The van der Waals surface area contributed by atoms with Crippen LogP contribution < -0.4 is 10.5 Å². The van der Waals surface area contributed by atoms with Gasteiger partial charge in [0.25, 0.3) is 0 Å². The van der Waals surface area contributed by atoms with Crippen LogP contribution >= 0.6 is 12.2 Å². The molecule has 0 saturated carbocycles. The highest BCUT2D eigenvalue weighted by molar-refractivity contribution is 7.80. The molecule has 1 aromatic rings. The molecule has 0 unspecified atom stereocenters. The molecule has 0 fully saturated rings. The van der Waals surface area contributed by atoms with Crippen molar-refractivity contribution in [2.45, 2.75) is 0 Å². The first-order valence-corrected chi connectivity index (χ1v) is 3.30. The molecule has 0 aliphatic carbocycles. The summed E-state index contributed by atoms with van der Waals surface area (Å²) in [6.07, 6.45) is 2.98. The van der Waals surface area contributed by atoms with Gasteiger partial charge in [-0.2, -0.15) is 0 Å². The van der Waals surface area contributed by atoms with Crippen LogP contribution in [0.3, 0.4) is 0 Å². The molecular formula is C6H7N3OS. The highest BCUT2D eigenvalue weighted by Gasteiger charge is 1.99. The molecule has 0 spiro atoms. The van der Waals surface area contributed by atoms with E-state index in [2.05, 4.69) is 22.2 Å². The van der Waals surface area contributed by atoms with Crippen molar-refractivity contribution in [2.75, 3.05) is 7.11 Å². The standard InChI is InChI=1S/C6H7N3OS/c1-10-5-3-8-2-4(9-5)6(7)11/h2-3H,1H3,(H2,7,11). The predicted octanol–water partition coefficient (Wildman–Crippen LogP) is 0.119. The average molecular weight is 169 g/mol. The van der Waals surface area contributed by atoms with Crippen molar-refractivity contribution >= 4 is 17.2 Å². The summed E-state index contributed by atoms with van der Waals surface area (Å²) in [5.41, 5.74) is 5.78. The maximum atomic E-state index is 5.31. The minimum atomic E-state index is 0.219. The molecule has 1 rings (SSSR count). The van der Waals surface area contributed by atoms with Crippen molar-refractivity contribution in [1.82, 2.24) is 9.97 Å². The Morgan fingerprint density at radius 1 is 1.64 bits per heavy atom. The van der Waals surface area contributed by atoms with Crippen LogP contribution in [0.25, 0.3) is 0 Å². The Balaban J connectivity index is 3.01. The van der Waals surface area contributed by atoms with Gasteiger partial charge < -0.3 is 10.5 Å². The lowest BCUT2D eigenvalue weighted by molar-refractivity contribution is 0.395. The molecule has 1 heterocycles. The van der Waals surface area contributed by atoms with Gasteiger partial charge in [-0.3, -0.25) is 4.98 Å². The Labute approximate surface area is 69.4 Å². The molecule has 0 atom stereocenters. The fraction of sp³-hybridized carbons (Fsp3) is 0.167. The van der Waals surface area contributed by atoms with E-state index in [0.29, 0.717) is 11.6 Å². The largest absolute Gasteiger partial charge is 0.480 e. The third kappa shape index (κ3) is 1.84. The Bertz CT molecular complexity index is 276. The number of rotatable bonds is 2. The average Bonchev–Trinajstić information content (AvgIpc) is 2.05. The first kappa shape index (κ1) is 7.87. The van der Waals surface area contributed by atoms with E-state index in [1.54, 1.807) is 0 Å². The first-order chi connectivity index (χ1) is 5.24. The number of aromatic nitrogens is 2. The molecule has 0 aliphatic heterocycles. The molecule has 2 N–H and O–H groups in total. The number of hydrogen-bond donors (Lipinski definition) is 1. The van der Waals surface area contributed by atoms with Crippen LogP contribution in [-0.2, 0) is 0 Å². The zero-order valence-corrected chi connectivity index (χ0v) is 6.76. The Morgan fingerprint density at radius 3 is 2.91 bits per heavy atom. The molecule has 11 heavy (non-hydrogen) atoms. The summed E-state index contributed by atoms with van der Waals surface area (Å²) in [6, 6.07) is 0. The van der Waals surface area contributed by atoms with E-state index in [1.165, 1.54) is 19.5 Å². The lowest BCUT2D eigenvalue weighted by Crippen LogP contribution is -2.12. The summed E-state index contributed by atoms with van der Waals surface area (Å²) < 4.78 is 4.82. The smallest absolute Gasteiger partial charge is 0.232 e. The highest BCUT2D eigenvalue weighted by atomic mass is 32.1. The zero-order valence-electron chi connectivity index (χ0n) is 5.94. The monoisotopic (exact) mass is 169 g/mol. The van der Waals surface area contributed by atoms with Crippen molar-refractivity contribution in [3.8, 4) is 5.88 Å². The van der Waals surface area contributed by atoms with E-state index < -0.39 is 0 Å². The summed E-state index contributed by atoms with van der Waals surface area (Å²) in [5.74, 6) is 0.412. The van der Waals surface area contributed by atoms with Crippen LogP contribution in [0.5, 0.6) is 5.88 Å². The molecule has 0 amide bonds. The third-order valence-electron chi connectivity index (χ3n) is 1.07. The van der Waals surface area contributed by atoms with Crippen LogP contribution in [0, 0.1) is 0 Å². The molecule has 1 aromatic heterocycles. The normalized spacial score (nSPS) is 9.18. The molecule has 58 valence electrons. The molecule has 0 aromatic carbocycles. The van der Waals surface area contributed by atoms with Gasteiger partial charge in [0.05, 0.1) is 19.5 Å². The number of methoxy groups -OCH3 is 1. The van der Waals surface area contributed by atoms with E-state index in [9.17, 15) is 0 Å². The van der Waals surface area contributed by atoms with Gasteiger partial charge in [0, 0.05) is 0 Å². The molecule has 0 radical (unpaired) electrons. The number of ether oxygens (including phenoxy) is 1. The van der Waals surface area contributed by atoms with Gasteiger partial charge in [0.2, 0.25) is 5.88 Å². The van der Waals surface area contributed by atoms with Crippen molar-refractivity contribution in [2.24, 2.45) is 5.73 Å². The third-order valence-corrected chi connectivity index (χ3v) is 1.28. The maximum Gasteiger partial charge on any atom is 0.232 e. The Kier molecular flexibility index (Phi) is 2.32. The minimum absolute atomic E-state index is 0.219. The molecule has 5 heteroatoms. The number of hydrogen-bond acceptors (Lipinski definition) is 4. The predicted molar refractivity (Wildman–Crippen MR) is 44.5 cm³/mol. The zero-order chi connectivity index (χ0) is 8.27. The van der Waals surface area contributed by atoms with Crippen LogP contribution in [0.1, 0.15) is 5.69 Å². The lowest BCUT2D eigenvalue weighted by atomic mass is 10.4. The molecule has 0 aliphatic rings. The second kappa shape index (κ2) is 3.25. The van der Waals surface area contributed by atoms with Crippen LogP contribution in [0.4, 0.5) is 0 Å². The second-order valence-electron chi connectivity index (χ2n) is 1.81. The Hall–Kier alpha value is -1.23. The Morgan fingerprint density at radius 2 is 2.36 bits per heavy atom. The van der Waals surface area contributed by atoms with Crippen molar-refractivity contribution in [3.05, 3.63) is 18.1 Å². The lowest BCUT2D eigenvalue weighted by Gasteiger charge is -1.99. The van der Waals surface area contributed by atoms with E-state index in [4.69, 9.17) is 10.5 Å². The van der Waals surface area contributed by atoms with Crippen molar-refractivity contribution < 1.29 is 4.74 Å². The topological polar surface area (TPSA) is 61.0 Å². The van der Waals surface area contributed by atoms with E-state index in [1.807, 2.05) is 0 Å². The van der Waals surface area contributed by atoms with Gasteiger partial charge in [-0.05, 0) is 0 Å². The van der Waals surface area contributed by atoms with Crippen LogP contribution in [0.2, 0.25) is 0 Å². The SMILES string of the molecule is COc1cncc(C(N)=S)n1. The summed E-state index contributed by atoms with van der Waals surface area (Å²) in [5, 5.41) is 0. The van der Waals surface area contributed by atoms with Gasteiger partial charge in [0.15, 0.2) is 0 Å². The first-order valence-electron chi connectivity index (χ1n) is 2.90. The summed E-state index contributed by atoms with van der Waals surface area (Å²) in [4.78, 5) is 7.98. The van der Waals surface area contributed by atoms with E-state index >= 15 is 0 Å². The molecule has 0 bridgehead atoms. The summed E-state index contributed by atoms with van der Waals surface area (Å²) >= 11 is 4.69. The fourth-order valence-corrected chi connectivity index (χ4v) is 0.663. The van der Waals surface area contributed by atoms with Crippen molar-refractivity contribution in [1.29, 1.82) is 0 Å². The van der Waals surface area contributed by atoms with Crippen LogP contribution in [0.15, 0.2) is 12.4 Å². The van der Waals surface area contributed by atoms with Gasteiger partial charge in [0.1, 0.15) is 10.7 Å². The van der Waals surface area contributed by atoms with Gasteiger partial charge in [-0.1, -0.05) is 12.2 Å².